The summed E-state index contributed by atoms with van der Waals surface area (Å²) in [7, 11) is 1.68. The Morgan fingerprint density at radius 3 is 2.61 bits per heavy atom. The first kappa shape index (κ1) is 12.4. The van der Waals surface area contributed by atoms with E-state index in [-0.39, 0.29) is 12.2 Å². The number of ketones is 1. The number of carbonyl (C=O) groups is 1. The van der Waals surface area contributed by atoms with Gasteiger partial charge in [-0.2, -0.15) is 4.80 Å². The molecule has 18 heavy (non-hydrogen) atoms. The minimum atomic E-state index is 0.103. The molecular formula is C13H16N4O. The van der Waals surface area contributed by atoms with Crippen molar-refractivity contribution >= 4 is 5.78 Å². The van der Waals surface area contributed by atoms with E-state index in [0.717, 1.165) is 5.56 Å². The normalized spacial score (nSPS) is 10.6. The van der Waals surface area contributed by atoms with E-state index in [9.17, 15) is 4.79 Å². The van der Waals surface area contributed by atoms with Crippen LogP contribution in [0.25, 0.3) is 0 Å². The van der Waals surface area contributed by atoms with Crippen LogP contribution in [0, 0.1) is 13.8 Å². The lowest BCUT2D eigenvalue weighted by molar-refractivity contribution is -0.117. The molecule has 0 aliphatic heterocycles. The van der Waals surface area contributed by atoms with Crippen molar-refractivity contribution in [3.8, 4) is 0 Å². The predicted molar refractivity (Wildman–Crippen MR) is 67.1 cm³/mol. The highest BCUT2D eigenvalue weighted by atomic mass is 16.1. The van der Waals surface area contributed by atoms with Gasteiger partial charge in [0.2, 0.25) is 0 Å². The van der Waals surface area contributed by atoms with Crippen LogP contribution in [-0.2, 0) is 24.7 Å². The van der Waals surface area contributed by atoms with Crippen LogP contribution in [0.5, 0.6) is 0 Å². The quantitative estimate of drug-likeness (QED) is 0.810. The fourth-order valence-electron chi connectivity index (χ4n) is 1.77. The highest BCUT2D eigenvalue weighted by Gasteiger charge is 2.09. The van der Waals surface area contributed by atoms with Crippen LogP contribution in [0.3, 0.4) is 0 Å². The highest BCUT2D eigenvalue weighted by molar-refractivity contribution is 5.82. The standard InChI is InChI=1S/C13H16N4O/c1-9-4-5-11(6-10(9)2)7-12(18)8-13-14-16-17(3)15-13/h4-6H,7-8H2,1-3H3. The fraction of sp³-hybridized carbons (Fsp3) is 0.385. The third kappa shape index (κ3) is 3.00. The lowest BCUT2D eigenvalue weighted by Crippen LogP contribution is -2.08. The molecular weight excluding hydrogens is 228 g/mol. The summed E-state index contributed by atoms with van der Waals surface area (Å²) in [5.74, 6) is 0.581. The number of benzene rings is 1. The molecule has 0 amide bonds. The summed E-state index contributed by atoms with van der Waals surface area (Å²) in [4.78, 5) is 13.2. The second kappa shape index (κ2) is 5.08. The second-order valence-electron chi connectivity index (χ2n) is 4.51. The van der Waals surface area contributed by atoms with Gasteiger partial charge in [0.25, 0.3) is 0 Å². The third-order valence-corrected chi connectivity index (χ3v) is 2.88. The van der Waals surface area contributed by atoms with Crippen molar-refractivity contribution in [2.45, 2.75) is 26.7 Å². The molecule has 0 radical (unpaired) electrons. The zero-order valence-electron chi connectivity index (χ0n) is 10.8. The molecule has 1 heterocycles. The van der Waals surface area contributed by atoms with Crippen LogP contribution < -0.4 is 0 Å². The number of nitrogens with zero attached hydrogens (tertiary/aromatic N) is 4. The minimum absolute atomic E-state index is 0.103. The first-order valence-electron chi connectivity index (χ1n) is 5.85. The molecule has 2 rings (SSSR count). The van der Waals surface area contributed by atoms with Crippen molar-refractivity contribution < 1.29 is 4.79 Å². The smallest absolute Gasteiger partial charge is 0.182 e. The van der Waals surface area contributed by atoms with Crippen LogP contribution >= 0.6 is 0 Å². The van der Waals surface area contributed by atoms with E-state index in [1.165, 1.54) is 15.9 Å². The molecule has 1 aromatic carbocycles. The molecule has 0 saturated heterocycles. The molecule has 0 unspecified atom stereocenters. The number of aryl methyl sites for hydroxylation is 3. The van der Waals surface area contributed by atoms with E-state index in [1.807, 2.05) is 19.1 Å². The summed E-state index contributed by atoms with van der Waals surface area (Å²) in [5, 5.41) is 11.5. The van der Waals surface area contributed by atoms with Gasteiger partial charge >= 0.3 is 0 Å². The van der Waals surface area contributed by atoms with Gasteiger partial charge in [0, 0.05) is 6.42 Å². The van der Waals surface area contributed by atoms with Crippen LogP contribution in [0.2, 0.25) is 0 Å². The van der Waals surface area contributed by atoms with E-state index in [4.69, 9.17) is 0 Å². The summed E-state index contributed by atoms with van der Waals surface area (Å²) in [6.07, 6.45) is 0.653. The Morgan fingerprint density at radius 2 is 2.00 bits per heavy atom. The number of aromatic nitrogens is 4. The van der Waals surface area contributed by atoms with Crippen LogP contribution in [-0.4, -0.2) is 26.0 Å². The predicted octanol–water partition coefficient (Wildman–Crippen LogP) is 1.18. The Labute approximate surface area is 106 Å². The maximum atomic E-state index is 11.9. The number of Topliss-reactive ketones (excluding diaryl/α,β-unsaturated/α-hetero) is 1. The maximum absolute atomic E-state index is 11.9. The average molecular weight is 244 g/mol. The van der Waals surface area contributed by atoms with Crippen LogP contribution in [0.1, 0.15) is 22.5 Å². The molecule has 2 aromatic rings. The Kier molecular flexibility index (Phi) is 3.50. The number of rotatable bonds is 4. The second-order valence-corrected chi connectivity index (χ2v) is 4.51. The highest BCUT2D eigenvalue weighted by Crippen LogP contribution is 2.11. The third-order valence-electron chi connectivity index (χ3n) is 2.88. The Hall–Kier alpha value is -2.04. The molecule has 5 nitrogen and oxygen atoms in total. The average Bonchev–Trinajstić information content (AvgIpc) is 2.69. The molecule has 1 aromatic heterocycles. The summed E-state index contributed by atoms with van der Waals surface area (Å²) in [6.45, 7) is 4.11. The van der Waals surface area contributed by atoms with Gasteiger partial charge in [-0.15, -0.1) is 10.2 Å². The lowest BCUT2D eigenvalue weighted by Gasteiger charge is -2.03. The molecule has 0 N–H and O–H groups in total. The molecule has 0 saturated carbocycles. The SMILES string of the molecule is Cc1ccc(CC(=O)Cc2nnn(C)n2)cc1C. The minimum Gasteiger partial charge on any atom is -0.299 e. The van der Waals surface area contributed by atoms with Crippen molar-refractivity contribution in [1.29, 1.82) is 0 Å². The number of hydrogen-bond acceptors (Lipinski definition) is 4. The number of carbonyl (C=O) groups excluding carboxylic acids is 1. The van der Waals surface area contributed by atoms with Gasteiger partial charge in [-0.3, -0.25) is 4.79 Å². The van der Waals surface area contributed by atoms with E-state index >= 15 is 0 Å². The van der Waals surface area contributed by atoms with E-state index in [1.54, 1.807) is 7.05 Å². The molecule has 0 fully saturated rings. The summed E-state index contributed by atoms with van der Waals surface area (Å²) in [5.41, 5.74) is 3.48. The fourth-order valence-corrected chi connectivity index (χ4v) is 1.77. The van der Waals surface area contributed by atoms with E-state index < -0.39 is 0 Å². The lowest BCUT2D eigenvalue weighted by atomic mass is 10.0. The molecule has 0 atom stereocenters. The van der Waals surface area contributed by atoms with E-state index in [0.29, 0.717) is 12.2 Å². The zero-order valence-corrected chi connectivity index (χ0v) is 10.8. The van der Waals surface area contributed by atoms with Crippen molar-refractivity contribution in [1.82, 2.24) is 20.2 Å². The molecule has 0 aliphatic rings. The zero-order chi connectivity index (χ0) is 13.1. The summed E-state index contributed by atoms with van der Waals surface area (Å²) < 4.78 is 0. The van der Waals surface area contributed by atoms with Gasteiger partial charge in [-0.25, -0.2) is 0 Å². The molecule has 94 valence electrons. The maximum Gasteiger partial charge on any atom is 0.182 e. The van der Waals surface area contributed by atoms with Crippen LogP contribution in [0.15, 0.2) is 18.2 Å². The topological polar surface area (TPSA) is 60.7 Å². The first-order chi connectivity index (χ1) is 8.54. The number of hydrogen-bond donors (Lipinski definition) is 0. The Morgan fingerprint density at radius 1 is 1.22 bits per heavy atom. The van der Waals surface area contributed by atoms with Gasteiger partial charge in [0.1, 0.15) is 5.78 Å². The largest absolute Gasteiger partial charge is 0.299 e. The van der Waals surface area contributed by atoms with E-state index in [2.05, 4.69) is 28.4 Å². The van der Waals surface area contributed by atoms with Gasteiger partial charge in [0.05, 0.1) is 13.5 Å². The number of tetrazole rings is 1. The van der Waals surface area contributed by atoms with Crippen molar-refractivity contribution in [3.05, 3.63) is 40.7 Å². The van der Waals surface area contributed by atoms with Crippen LogP contribution in [0.4, 0.5) is 0 Å². The van der Waals surface area contributed by atoms with Crippen molar-refractivity contribution in [2.75, 3.05) is 0 Å². The molecule has 0 aliphatic carbocycles. The first-order valence-corrected chi connectivity index (χ1v) is 5.85. The van der Waals surface area contributed by atoms with Crippen molar-refractivity contribution in [2.24, 2.45) is 7.05 Å². The van der Waals surface area contributed by atoms with Gasteiger partial charge in [0.15, 0.2) is 5.82 Å². The van der Waals surface area contributed by atoms with Gasteiger partial charge < -0.3 is 0 Å². The summed E-state index contributed by atoms with van der Waals surface area (Å²) in [6, 6.07) is 6.08. The van der Waals surface area contributed by atoms with Crippen molar-refractivity contribution in [3.63, 3.8) is 0 Å². The molecule has 0 bridgehead atoms. The van der Waals surface area contributed by atoms with Gasteiger partial charge in [-0.05, 0) is 35.8 Å². The Bertz CT molecular complexity index is 574. The monoisotopic (exact) mass is 244 g/mol. The summed E-state index contributed by atoms with van der Waals surface area (Å²) >= 11 is 0. The Balaban J connectivity index is 2.00. The molecule has 0 spiro atoms. The molecule has 5 heteroatoms. The van der Waals surface area contributed by atoms with Gasteiger partial charge in [-0.1, -0.05) is 18.2 Å².